The number of anilines is 1. The maximum atomic E-state index is 15.2. The highest BCUT2D eigenvalue weighted by Gasteiger charge is 2.66. The summed E-state index contributed by atoms with van der Waals surface area (Å²) in [6.07, 6.45) is 3.97. The van der Waals surface area contributed by atoms with E-state index in [1.165, 1.54) is 17.9 Å². The molecule has 2 amide bonds. The number of carbonyl (C=O) groups is 5. The first kappa shape index (κ1) is 33.4. The van der Waals surface area contributed by atoms with Gasteiger partial charge in [-0.3, -0.25) is 28.9 Å². The van der Waals surface area contributed by atoms with Crippen molar-refractivity contribution in [2.45, 2.75) is 31.1 Å². The number of hydrogen-bond donors (Lipinski definition) is 1. The van der Waals surface area contributed by atoms with E-state index in [0.717, 1.165) is 5.57 Å². The predicted molar refractivity (Wildman–Crippen MR) is 195 cm³/mol. The molecule has 3 aliphatic carbocycles. The first-order chi connectivity index (χ1) is 25.3. The number of nitrogens with zero attached hydrogens (tertiary/aromatic N) is 1. The number of ketones is 3. The lowest BCUT2D eigenvalue weighted by Gasteiger charge is -2.55. The lowest BCUT2D eigenvalue weighted by molar-refractivity contribution is -0.135. The van der Waals surface area contributed by atoms with Crippen LogP contribution in [-0.4, -0.2) is 47.5 Å². The molecule has 1 saturated heterocycles. The molecule has 1 saturated carbocycles. The summed E-state index contributed by atoms with van der Waals surface area (Å²) in [5.74, 6) is -4.31. The zero-order chi connectivity index (χ0) is 36.1. The van der Waals surface area contributed by atoms with E-state index in [1.54, 1.807) is 30.3 Å². The van der Waals surface area contributed by atoms with E-state index in [-0.39, 0.29) is 55.2 Å². The molecule has 260 valence electrons. The highest BCUT2D eigenvalue weighted by molar-refractivity contribution is 6.32. The molecule has 8 heteroatoms. The standard InChI is InChI=1S/C44H37NO7/c1-26(47)27-16-18-30(19-17-27)45-42(50)33-21-20-31-35(39(33)43(45)51)24-36-41(49)34(28-10-4-2-5-11-28)25-38(48)44(36,29-12-6-3-7-13-29)40(31)32-14-8-9-15-37(32)52-23-22-46/h2-20,25,33,35-36,39-40,46H,21-24H2,1H3/t33-,35+,36-,39-,40+,44-/m0/s1. The molecular formula is C44H37NO7. The lowest BCUT2D eigenvalue weighted by Crippen LogP contribution is -2.58. The van der Waals surface area contributed by atoms with E-state index < -0.39 is 35.0 Å². The van der Waals surface area contributed by atoms with Gasteiger partial charge in [0.15, 0.2) is 17.3 Å². The van der Waals surface area contributed by atoms with Crippen LogP contribution in [0.25, 0.3) is 5.57 Å². The van der Waals surface area contributed by atoms with Crippen molar-refractivity contribution in [2.75, 3.05) is 18.1 Å². The smallest absolute Gasteiger partial charge is 0.238 e. The number of benzene rings is 4. The molecule has 1 heterocycles. The van der Waals surface area contributed by atoms with Gasteiger partial charge >= 0.3 is 0 Å². The van der Waals surface area contributed by atoms with Crippen molar-refractivity contribution < 1.29 is 33.8 Å². The molecule has 0 spiro atoms. The van der Waals surface area contributed by atoms with Gasteiger partial charge in [-0.1, -0.05) is 90.5 Å². The van der Waals surface area contributed by atoms with E-state index in [4.69, 9.17) is 4.74 Å². The van der Waals surface area contributed by atoms with Crippen molar-refractivity contribution in [3.05, 3.63) is 149 Å². The topological polar surface area (TPSA) is 118 Å². The number of carbonyl (C=O) groups excluding carboxylic acids is 5. The Morgan fingerprint density at radius 1 is 0.827 bits per heavy atom. The number of ether oxygens (including phenoxy) is 1. The molecule has 0 radical (unpaired) electrons. The number of amides is 2. The van der Waals surface area contributed by atoms with E-state index in [9.17, 15) is 19.5 Å². The largest absolute Gasteiger partial charge is 0.491 e. The van der Waals surface area contributed by atoms with Gasteiger partial charge in [0.05, 0.1) is 29.5 Å². The van der Waals surface area contributed by atoms with Crippen molar-refractivity contribution in [3.63, 3.8) is 0 Å². The van der Waals surface area contributed by atoms with Gasteiger partial charge in [0.1, 0.15) is 12.4 Å². The maximum absolute atomic E-state index is 15.2. The molecule has 6 atom stereocenters. The first-order valence-electron chi connectivity index (χ1n) is 17.7. The highest BCUT2D eigenvalue weighted by atomic mass is 16.5. The van der Waals surface area contributed by atoms with Crippen LogP contribution in [0.2, 0.25) is 0 Å². The van der Waals surface area contributed by atoms with Crippen molar-refractivity contribution in [1.29, 1.82) is 0 Å². The fourth-order valence-electron chi connectivity index (χ4n) is 9.32. The van der Waals surface area contributed by atoms with Crippen molar-refractivity contribution in [3.8, 4) is 5.75 Å². The molecule has 2 fully saturated rings. The number of para-hydroxylation sites is 1. The molecule has 4 aromatic rings. The molecule has 0 aromatic heterocycles. The minimum atomic E-state index is -1.39. The Morgan fingerprint density at radius 3 is 2.19 bits per heavy atom. The van der Waals surface area contributed by atoms with Gasteiger partial charge in [0, 0.05) is 28.5 Å². The minimum Gasteiger partial charge on any atom is -0.491 e. The number of aliphatic hydroxyl groups is 1. The summed E-state index contributed by atoms with van der Waals surface area (Å²) < 4.78 is 6.12. The second-order valence-electron chi connectivity index (χ2n) is 14.0. The zero-order valence-electron chi connectivity index (χ0n) is 28.6. The molecule has 1 aliphatic heterocycles. The molecule has 52 heavy (non-hydrogen) atoms. The Morgan fingerprint density at radius 2 is 1.50 bits per heavy atom. The van der Waals surface area contributed by atoms with Crippen LogP contribution in [0, 0.1) is 23.7 Å². The van der Waals surface area contributed by atoms with E-state index in [2.05, 4.69) is 0 Å². The van der Waals surface area contributed by atoms with Crippen LogP contribution in [0.15, 0.2) is 127 Å². The van der Waals surface area contributed by atoms with E-state index in [0.29, 0.717) is 39.3 Å². The van der Waals surface area contributed by atoms with Crippen LogP contribution >= 0.6 is 0 Å². The average Bonchev–Trinajstić information content (AvgIpc) is 3.44. The Bertz CT molecular complexity index is 2170. The normalized spacial score (nSPS) is 26.6. The van der Waals surface area contributed by atoms with Crippen LogP contribution in [0.3, 0.4) is 0 Å². The summed E-state index contributed by atoms with van der Waals surface area (Å²) >= 11 is 0. The van der Waals surface area contributed by atoms with Gasteiger partial charge in [-0.15, -0.1) is 0 Å². The van der Waals surface area contributed by atoms with Crippen molar-refractivity contribution in [2.24, 2.45) is 23.7 Å². The summed E-state index contributed by atoms with van der Waals surface area (Å²) in [5.41, 5.74) is 2.63. The number of imide groups is 1. The summed E-state index contributed by atoms with van der Waals surface area (Å²) in [6.45, 7) is 1.26. The molecule has 4 aliphatic rings. The summed E-state index contributed by atoms with van der Waals surface area (Å²) in [5, 5.41) is 9.73. The Balaban J connectivity index is 1.34. The van der Waals surface area contributed by atoms with Crippen LogP contribution in [0.4, 0.5) is 5.69 Å². The van der Waals surface area contributed by atoms with Gasteiger partial charge in [-0.2, -0.15) is 0 Å². The molecule has 0 unspecified atom stereocenters. The number of hydrogen-bond acceptors (Lipinski definition) is 7. The average molecular weight is 692 g/mol. The van der Waals surface area contributed by atoms with Crippen LogP contribution in [0.5, 0.6) is 5.75 Å². The minimum absolute atomic E-state index is 0.0218. The SMILES string of the molecule is CC(=O)c1ccc(N2C(=O)[C@H]3[C@H](CC=C4[C@H]3C[C@H]3C(=O)C(c5ccccc5)=CC(=O)[C@@]3(c3ccccc3)[C@H]4c3ccccc3OCCO)C2=O)cc1. The molecule has 8 nitrogen and oxygen atoms in total. The number of fused-ring (bicyclic) bond motifs is 4. The third-order valence-corrected chi connectivity index (χ3v) is 11.5. The third-order valence-electron chi connectivity index (χ3n) is 11.5. The Labute approximate surface area is 301 Å². The number of allylic oxidation sites excluding steroid dienone is 4. The van der Waals surface area contributed by atoms with Crippen molar-refractivity contribution in [1.82, 2.24) is 0 Å². The summed E-state index contributed by atoms with van der Waals surface area (Å²) in [4.78, 5) is 72.3. The van der Waals surface area contributed by atoms with Crippen LogP contribution in [0.1, 0.15) is 52.7 Å². The molecular weight excluding hydrogens is 654 g/mol. The van der Waals surface area contributed by atoms with E-state index >= 15 is 9.59 Å². The van der Waals surface area contributed by atoms with E-state index in [1.807, 2.05) is 84.9 Å². The fourth-order valence-corrected chi connectivity index (χ4v) is 9.32. The third kappa shape index (κ3) is 5.04. The van der Waals surface area contributed by atoms with Gasteiger partial charge in [-0.25, -0.2) is 0 Å². The molecule has 1 N–H and O–H groups in total. The second kappa shape index (κ2) is 13.1. The zero-order valence-corrected chi connectivity index (χ0v) is 28.6. The summed E-state index contributed by atoms with van der Waals surface area (Å²) in [7, 11) is 0. The maximum Gasteiger partial charge on any atom is 0.238 e. The molecule has 0 bridgehead atoms. The second-order valence-corrected chi connectivity index (χ2v) is 14.0. The van der Waals surface area contributed by atoms with Gasteiger partial charge in [0.25, 0.3) is 0 Å². The van der Waals surface area contributed by atoms with Crippen molar-refractivity contribution >= 4 is 40.4 Å². The molecule has 4 aromatic carbocycles. The quantitative estimate of drug-likeness (QED) is 0.131. The monoisotopic (exact) mass is 691 g/mol. The number of aliphatic hydroxyl groups excluding tert-OH is 1. The number of Topliss-reactive ketones (excluding diaryl/α,β-unsaturated/α-hetero) is 2. The van der Waals surface area contributed by atoms with Crippen LogP contribution in [-0.2, 0) is 24.6 Å². The highest BCUT2D eigenvalue weighted by Crippen LogP contribution is 2.64. The molecule has 8 rings (SSSR count). The predicted octanol–water partition coefficient (Wildman–Crippen LogP) is 6.29. The Hall–Kier alpha value is -5.73. The van der Waals surface area contributed by atoms with Crippen LogP contribution < -0.4 is 9.64 Å². The van der Waals surface area contributed by atoms with Gasteiger partial charge in [0.2, 0.25) is 11.8 Å². The first-order valence-corrected chi connectivity index (χ1v) is 17.7. The number of rotatable bonds is 8. The van der Waals surface area contributed by atoms with Gasteiger partial charge < -0.3 is 9.84 Å². The fraction of sp³-hybridized carbons (Fsp3) is 0.250. The van der Waals surface area contributed by atoms with Gasteiger partial charge in [-0.05, 0) is 73.2 Å². The summed E-state index contributed by atoms with van der Waals surface area (Å²) in [6, 6.07) is 32.4. The lowest BCUT2D eigenvalue weighted by atomic mass is 9.44. The Kier molecular flexibility index (Phi) is 8.42.